The van der Waals surface area contributed by atoms with Crippen molar-refractivity contribution in [2.24, 2.45) is 0 Å². The molecular formula is C17H14F2N2O2. The maximum absolute atomic E-state index is 13.7. The Morgan fingerprint density at radius 1 is 1.13 bits per heavy atom. The summed E-state index contributed by atoms with van der Waals surface area (Å²) in [6, 6.07) is 10.4. The molecule has 6 heteroatoms. The minimum Gasteiger partial charge on any atom is -0.392 e. The van der Waals surface area contributed by atoms with Crippen LogP contribution in [0.25, 0.3) is 0 Å². The zero-order valence-corrected chi connectivity index (χ0v) is 12.1. The van der Waals surface area contributed by atoms with Gasteiger partial charge in [-0.3, -0.25) is 4.79 Å². The van der Waals surface area contributed by atoms with E-state index in [1.165, 1.54) is 0 Å². The van der Waals surface area contributed by atoms with Gasteiger partial charge in [0.25, 0.3) is 5.91 Å². The fourth-order valence-corrected chi connectivity index (χ4v) is 2.07. The van der Waals surface area contributed by atoms with Crippen LogP contribution < -0.4 is 5.32 Å². The van der Waals surface area contributed by atoms with Gasteiger partial charge < -0.3 is 10.4 Å². The first-order chi connectivity index (χ1) is 11.0. The van der Waals surface area contributed by atoms with Crippen molar-refractivity contribution < 1.29 is 18.7 Å². The maximum Gasteiger partial charge on any atom is 0.257 e. The van der Waals surface area contributed by atoms with Gasteiger partial charge in [0, 0.05) is 6.54 Å². The number of hydrogen-bond acceptors (Lipinski definition) is 3. The van der Waals surface area contributed by atoms with Crippen LogP contribution in [-0.4, -0.2) is 17.6 Å². The third-order valence-corrected chi connectivity index (χ3v) is 3.30. The molecule has 0 radical (unpaired) electrons. The minimum atomic E-state index is -1.06. The van der Waals surface area contributed by atoms with Gasteiger partial charge in [-0.25, -0.2) is 8.78 Å². The number of nitrogens with zero attached hydrogens (tertiary/aromatic N) is 1. The molecule has 2 aromatic rings. The molecular weight excluding hydrogens is 302 g/mol. The van der Waals surface area contributed by atoms with Crippen molar-refractivity contribution in [3.63, 3.8) is 0 Å². The second kappa shape index (κ2) is 7.47. The van der Waals surface area contributed by atoms with Crippen LogP contribution in [0.2, 0.25) is 0 Å². The van der Waals surface area contributed by atoms with Crippen LogP contribution in [0.15, 0.2) is 36.4 Å². The number of rotatable bonds is 5. The molecule has 2 aromatic carbocycles. The van der Waals surface area contributed by atoms with Gasteiger partial charge in [0.1, 0.15) is 17.2 Å². The van der Waals surface area contributed by atoms with E-state index in [9.17, 15) is 13.6 Å². The average Bonchev–Trinajstić information content (AvgIpc) is 2.54. The minimum absolute atomic E-state index is 0.0474. The fraction of sp³-hybridized carbons (Fsp3) is 0.176. The van der Waals surface area contributed by atoms with Gasteiger partial charge in [-0.1, -0.05) is 24.3 Å². The van der Waals surface area contributed by atoms with Crippen molar-refractivity contribution in [3.05, 3.63) is 70.3 Å². The lowest BCUT2D eigenvalue weighted by Crippen LogP contribution is -2.27. The summed E-state index contributed by atoms with van der Waals surface area (Å²) >= 11 is 0. The van der Waals surface area contributed by atoms with Crippen LogP contribution in [0.3, 0.4) is 0 Å². The summed E-state index contributed by atoms with van der Waals surface area (Å²) in [5.74, 6) is -2.99. The van der Waals surface area contributed by atoms with Gasteiger partial charge in [0.05, 0.1) is 18.2 Å². The van der Waals surface area contributed by atoms with Gasteiger partial charge in [0.15, 0.2) is 0 Å². The highest BCUT2D eigenvalue weighted by molar-refractivity contribution is 5.94. The molecule has 0 spiro atoms. The third kappa shape index (κ3) is 4.11. The van der Waals surface area contributed by atoms with Gasteiger partial charge in [-0.05, 0) is 29.7 Å². The van der Waals surface area contributed by atoms with E-state index in [1.807, 2.05) is 0 Å². The number of nitriles is 1. The Bertz CT molecular complexity index is 729. The van der Waals surface area contributed by atoms with Crippen molar-refractivity contribution in [3.8, 4) is 6.07 Å². The Morgan fingerprint density at radius 2 is 1.70 bits per heavy atom. The van der Waals surface area contributed by atoms with E-state index in [4.69, 9.17) is 10.4 Å². The number of carbonyl (C=O) groups is 1. The van der Waals surface area contributed by atoms with Crippen LogP contribution in [-0.2, 0) is 13.0 Å². The van der Waals surface area contributed by atoms with E-state index in [1.54, 1.807) is 30.3 Å². The summed E-state index contributed by atoms with van der Waals surface area (Å²) in [4.78, 5) is 11.9. The number of carbonyl (C=O) groups excluding carboxylic acids is 1. The van der Waals surface area contributed by atoms with Crippen LogP contribution in [0.4, 0.5) is 8.78 Å². The van der Waals surface area contributed by atoms with E-state index < -0.39 is 23.1 Å². The van der Waals surface area contributed by atoms with E-state index in [-0.39, 0.29) is 18.7 Å². The first-order valence-electron chi connectivity index (χ1n) is 6.91. The Kier molecular flexibility index (Phi) is 5.39. The summed E-state index contributed by atoms with van der Waals surface area (Å²) < 4.78 is 27.4. The lowest BCUT2D eigenvalue weighted by Gasteiger charge is -2.08. The van der Waals surface area contributed by atoms with Crippen LogP contribution in [0, 0.1) is 23.0 Å². The molecule has 0 aromatic heterocycles. The van der Waals surface area contributed by atoms with Gasteiger partial charge in [0.2, 0.25) is 0 Å². The number of aliphatic hydroxyl groups is 1. The largest absolute Gasteiger partial charge is 0.392 e. The zero-order valence-electron chi connectivity index (χ0n) is 12.1. The summed E-state index contributed by atoms with van der Waals surface area (Å²) in [7, 11) is 0. The molecule has 0 aliphatic heterocycles. The Morgan fingerprint density at radius 3 is 2.22 bits per heavy atom. The SMILES string of the molecule is N#Cc1cc(F)c(C(=O)NCCc2ccc(CO)cc2)c(F)c1. The van der Waals surface area contributed by atoms with Gasteiger partial charge in [-0.15, -0.1) is 0 Å². The molecule has 0 saturated heterocycles. The molecule has 4 nitrogen and oxygen atoms in total. The molecule has 0 atom stereocenters. The number of amides is 1. The predicted octanol–water partition coefficient (Wildman–Crippen LogP) is 2.30. The standard InChI is InChI=1S/C17H14F2N2O2/c18-14-7-13(9-20)8-15(19)16(14)17(23)21-6-5-11-1-3-12(10-22)4-2-11/h1-4,7-8,22H,5-6,10H2,(H,21,23). The summed E-state index contributed by atoms with van der Waals surface area (Å²) in [6.45, 7) is 0.157. The summed E-state index contributed by atoms with van der Waals surface area (Å²) in [5, 5.41) is 20.0. The van der Waals surface area contributed by atoms with Crippen molar-refractivity contribution in [1.82, 2.24) is 5.32 Å². The maximum atomic E-state index is 13.7. The molecule has 118 valence electrons. The number of nitrogens with one attached hydrogen (secondary N) is 1. The number of hydrogen-bond donors (Lipinski definition) is 2. The fourth-order valence-electron chi connectivity index (χ4n) is 2.07. The number of halogens is 2. The lowest BCUT2D eigenvalue weighted by atomic mass is 10.1. The van der Waals surface area contributed by atoms with Crippen molar-refractivity contribution in [1.29, 1.82) is 5.26 Å². The summed E-state index contributed by atoms with van der Waals surface area (Å²) in [6.07, 6.45) is 0.483. The average molecular weight is 316 g/mol. The van der Waals surface area contributed by atoms with Crippen molar-refractivity contribution in [2.75, 3.05) is 6.54 Å². The lowest BCUT2D eigenvalue weighted by molar-refractivity contribution is 0.0945. The topological polar surface area (TPSA) is 73.1 Å². The Hall–Kier alpha value is -2.78. The molecule has 2 N–H and O–H groups in total. The predicted molar refractivity (Wildman–Crippen MR) is 79.5 cm³/mol. The van der Waals surface area contributed by atoms with E-state index >= 15 is 0 Å². The smallest absolute Gasteiger partial charge is 0.257 e. The highest BCUT2D eigenvalue weighted by atomic mass is 19.1. The molecule has 0 heterocycles. The molecule has 23 heavy (non-hydrogen) atoms. The van der Waals surface area contributed by atoms with E-state index in [2.05, 4.69) is 5.32 Å². The molecule has 0 bridgehead atoms. The van der Waals surface area contributed by atoms with Crippen LogP contribution in [0.1, 0.15) is 27.0 Å². The zero-order chi connectivity index (χ0) is 16.8. The quantitative estimate of drug-likeness (QED) is 0.889. The highest BCUT2D eigenvalue weighted by Gasteiger charge is 2.18. The number of aliphatic hydroxyl groups excluding tert-OH is 1. The van der Waals surface area contributed by atoms with Crippen molar-refractivity contribution >= 4 is 5.91 Å². The van der Waals surface area contributed by atoms with E-state index in [0.717, 1.165) is 23.3 Å². The van der Waals surface area contributed by atoms with E-state index in [0.29, 0.717) is 6.42 Å². The Labute approximate surface area is 132 Å². The van der Waals surface area contributed by atoms with Crippen molar-refractivity contribution in [2.45, 2.75) is 13.0 Å². The first kappa shape index (κ1) is 16.6. The normalized spacial score (nSPS) is 10.2. The first-order valence-corrected chi connectivity index (χ1v) is 6.91. The van der Waals surface area contributed by atoms with Crippen LogP contribution >= 0.6 is 0 Å². The number of benzene rings is 2. The van der Waals surface area contributed by atoms with Gasteiger partial charge in [-0.2, -0.15) is 5.26 Å². The third-order valence-electron chi connectivity index (χ3n) is 3.30. The molecule has 1 amide bonds. The molecule has 0 unspecified atom stereocenters. The van der Waals surface area contributed by atoms with Gasteiger partial charge >= 0.3 is 0 Å². The van der Waals surface area contributed by atoms with Crippen LogP contribution in [0.5, 0.6) is 0 Å². The molecule has 0 saturated carbocycles. The molecule has 0 aliphatic rings. The second-order valence-corrected chi connectivity index (χ2v) is 4.91. The Balaban J connectivity index is 1.98. The highest BCUT2D eigenvalue weighted by Crippen LogP contribution is 2.15. The monoisotopic (exact) mass is 316 g/mol. The summed E-state index contributed by atoms with van der Waals surface area (Å²) in [5.41, 5.74) is 0.822. The molecule has 0 aliphatic carbocycles. The molecule has 0 fully saturated rings. The second-order valence-electron chi connectivity index (χ2n) is 4.91. The molecule has 2 rings (SSSR count).